The van der Waals surface area contributed by atoms with Crippen molar-refractivity contribution in [1.29, 1.82) is 0 Å². The molecule has 1 unspecified atom stereocenters. The van der Waals surface area contributed by atoms with Gasteiger partial charge < -0.3 is 4.90 Å². The quantitative estimate of drug-likeness (QED) is 0.769. The highest BCUT2D eigenvalue weighted by Gasteiger charge is 2.37. The van der Waals surface area contributed by atoms with E-state index < -0.39 is 9.84 Å². The summed E-state index contributed by atoms with van der Waals surface area (Å²) in [5, 5.41) is 0. The molecule has 0 bridgehead atoms. The molecule has 1 aliphatic rings. The smallest absolute Gasteiger partial charge is 0.223 e. The van der Waals surface area contributed by atoms with E-state index >= 15 is 0 Å². The molecule has 106 valence electrons. The highest BCUT2D eigenvalue weighted by molar-refractivity contribution is 7.90. The summed E-state index contributed by atoms with van der Waals surface area (Å²) in [6.45, 7) is 7.91. The second kappa shape index (κ2) is 5.19. The molecule has 1 fully saturated rings. The average molecular weight is 275 g/mol. The van der Waals surface area contributed by atoms with Gasteiger partial charge in [0.15, 0.2) is 0 Å². The van der Waals surface area contributed by atoms with Crippen LogP contribution in [0.15, 0.2) is 0 Å². The summed E-state index contributed by atoms with van der Waals surface area (Å²) in [5.41, 5.74) is -0.0605. The molecule has 0 aromatic rings. The Morgan fingerprint density at radius 2 is 1.83 bits per heavy atom. The summed E-state index contributed by atoms with van der Waals surface area (Å²) in [5.74, 6) is 0.139. The van der Waals surface area contributed by atoms with Gasteiger partial charge in [0.2, 0.25) is 5.91 Å². The lowest BCUT2D eigenvalue weighted by atomic mass is 9.91. The van der Waals surface area contributed by atoms with Crippen molar-refractivity contribution in [3.8, 4) is 0 Å². The number of nitrogens with zero attached hydrogens (tertiary/aromatic N) is 1. The third-order valence-corrected chi connectivity index (χ3v) is 4.02. The van der Waals surface area contributed by atoms with E-state index in [2.05, 4.69) is 0 Å². The molecular formula is C13H25NO3S. The van der Waals surface area contributed by atoms with Gasteiger partial charge in [-0.15, -0.1) is 0 Å². The van der Waals surface area contributed by atoms with Crippen LogP contribution < -0.4 is 0 Å². The first-order valence-corrected chi connectivity index (χ1v) is 8.54. The van der Waals surface area contributed by atoms with Crippen LogP contribution in [0.5, 0.6) is 0 Å². The van der Waals surface area contributed by atoms with E-state index in [-0.39, 0.29) is 29.2 Å². The van der Waals surface area contributed by atoms with Gasteiger partial charge in [-0.3, -0.25) is 4.79 Å². The second-order valence-corrected chi connectivity index (χ2v) is 8.90. The van der Waals surface area contributed by atoms with Gasteiger partial charge in [0.05, 0.1) is 5.75 Å². The predicted molar refractivity (Wildman–Crippen MR) is 73.1 cm³/mol. The fourth-order valence-electron chi connectivity index (χ4n) is 2.23. The highest BCUT2D eigenvalue weighted by atomic mass is 32.2. The van der Waals surface area contributed by atoms with Crippen molar-refractivity contribution in [2.75, 3.05) is 12.0 Å². The largest absolute Gasteiger partial charge is 0.336 e. The van der Waals surface area contributed by atoms with Crippen LogP contribution in [-0.4, -0.2) is 43.3 Å². The number of carbonyl (C=O) groups is 1. The van der Waals surface area contributed by atoms with Crippen molar-refractivity contribution in [2.45, 2.75) is 59.0 Å². The van der Waals surface area contributed by atoms with Gasteiger partial charge in [-0.05, 0) is 25.2 Å². The summed E-state index contributed by atoms with van der Waals surface area (Å²) in [6.07, 6.45) is 3.70. The van der Waals surface area contributed by atoms with Gasteiger partial charge in [-0.25, -0.2) is 8.42 Å². The zero-order valence-electron chi connectivity index (χ0n) is 12.1. The Labute approximate surface area is 111 Å². The van der Waals surface area contributed by atoms with Gasteiger partial charge >= 0.3 is 0 Å². The Morgan fingerprint density at radius 3 is 2.17 bits per heavy atom. The molecule has 0 spiro atoms. The minimum atomic E-state index is -3.05. The van der Waals surface area contributed by atoms with E-state index in [1.807, 2.05) is 27.7 Å². The molecule has 0 heterocycles. The van der Waals surface area contributed by atoms with E-state index in [0.29, 0.717) is 6.42 Å². The van der Waals surface area contributed by atoms with E-state index in [0.717, 1.165) is 12.8 Å². The van der Waals surface area contributed by atoms with Crippen molar-refractivity contribution in [1.82, 2.24) is 4.90 Å². The van der Waals surface area contributed by atoms with Crippen molar-refractivity contribution in [2.24, 2.45) is 5.41 Å². The monoisotopic (exact) mass is 275 g/mol. The fourth-order valence-corrected chi connectivity index (χ4v) is 3.26. The van der Waals surface area contributed by atoms with E-state index in [1.165, 1.54) is 6.26 Å². The first-order chi connectivity index (χ1) is 7.99. The molecule has 0 aliphatic heterocycles. The lowest BCUT2D eigenvalue weighted by Gasteiger charge is -2.31. The normalized spacial score (nSPS) is 18.5. The Morgan fingerprint density at radius 1 is 1.33 bits per heavy atom. The summed E-state index contributed by atoms with van der Waals surface area (Å²) in [6, 6.07) is 0.0407. The zero-order chi connectivity index (χ0) is 14.1. The molecule has 1 aliphatic carbocycles. The van der Waals surface area contributed by atoms with Gasteiger partial charge in [0, 0.05) is 24.8 Å². The SMILES string of the molecule is CC(CS(C)(=O)=O)N(C(=O)CC(C)(C)C)C1CC1. The molecule has 18 heavy (non-hydrogen) atoms. The number of hydrogen-bond acceptors (Lipinski definition) is 3. The minimum absolute atomic E-state index is 0.0549. The first-order valence-electron chi connectivity index (χ1n) is 6.48. The predicted octanol–water partition coefficient (Wildman–Crippen LogP) is 1.85. The molecule has 4 nitrogen and oxygen atoms in total. The van der Waals surface area contributed by atoms with E-state index in [9.17, 15) is 13.2 Å². The van der Waals surface area contributed by atoms with Crippen LogP contribution in [0, 0.1) is 5.41 Å². The van der Waals surface area contributed by atoms with Crippen molar-refractivity contribution < 1.29 is 13.2 Å². The molecule has 0 N–H and O–H groups in total. The topological polar surface area (TPSA) is 54.5 Å². The van der Waals surface area contributed by atoms with Crippen molar-refractivity contribution in [3.05, 3.63) is 0 Å². The van der Waals surface area contributed by atoms with Crippen LogP contribution >= 0.6 is 0 Å². The molecule has 1 atom stereocenters. The Kier molecular flexibility index (Phi) is 4.47. The lowest BCUT2D eigenvalue weighted by Crippen LogP contribution is -2.44. The summed E-state index contributed by atoms with van der Waals surface area (Å²) >= 11 is 0. The van der Waals surface area contributed by atoms with E-state index in [1.54, 1.807) is 4.90 Å². The molecule has 1 saturated carbocycles. The van der Waals surface area contributed by atoms with Crippen LogP contribution in [0.2, 0.25) is 0 Å². The molecule has 0 saturated heterocycles. The number of carbonyl (C=O) groups excluding carboxylic acids is 1. The Hall–Kier alpha value is -0.580. The number of amides is 1. The summed E-state index contributed by atoms with van der Waals surface area (Å²) in [4.78, 5) is 14.1. The minimum Gasteiger partial charge on any atom is -0.336 e. The van der Waals surface area contributed by atoms with Crippen LogP contribution in [0.4, 0.5) is 0 Å². The van der Waals surface area contributed by atoms with Crippen LogP contribution in [0.1, 0.15) is 47.0 Å². The number of rotatable bonds is 5. The Balaban J connectivity index is 2.73. The number of hydrogen-bond donors (Lipinski definition) is 0. The molecule has 1 rings (SSSR count). The van der Waals surface area contributed by atoms with Crippen LogP contribution in [-0.2, 0) is 14.6 Å². The Bertz CT molecular complexity index is 404. The molecule has 1 amide bonds. The van der Waals surface area contributed by atoms with Crippen LogP contribution in [0.25, 0.3) is 0 Å². The lowest BCUT2D eigenvalue weighted by molar-refractivity contribution is -0.135. The molecule has 0 aromatic carbocycles. The maximum atomic E-state index is 12.3. The highest BCUT2D eigenvalue weighted by Crippen LogP contribution is 2.31. The third-order valence-electron chi connectivity index (χ3n) is 2.93. The maximum Gasteiger partial charge on any atom is 0.223 e. The van der Waals surface area contributed by atoms with E-state index in [4.69, 9.17) is 0 Å². The molecule has 0 radical (unpaired) electrons. The van der Waals surface area contributed by atoms with Crippen molar-refractivity contribution in [3.63, 3.8) is 0 Å². The van der Waals surface area contributed by atoms with Crippen molar-refractivity contribution >= 4 is 15.7 Å². The first kappa shape index (κ1) is 15.5. The maximum absolute atomic E-state index is 12.3. The molecule has 5 heteroatoms. The molecule has 0 aromatic heterocycles. The molecular weight excluding hydrogens is 250 g/mol. The zero-order valence-corrected chi connectivity index (χ0v) is 12.9. The third kappa shape index (κ3) is 5.38. The summed E-state index contributed by atoms with van der Waals surface area (Å²) in [7, 11) is -3.05. The van der Waals surface area contributed by atoms with Gasteiger partial charge in [-0.1, -0.05) is 20.8 Å². The van der Waals surface area contributed by atoms with Gasteiger partial charge in [0.1, 0.15) is 9.84 Å². The number of sulfone groups is 1. The standard InChI is InChI=1S/C13H25NO3S/c1-10(9-18(5,16)17)14(11-6-7-11)12(15)8-13(2,3)4/h10-11H,6-9H2,1-5H3. The summed E-state index contributed by atoms with van der Waals surface area (Å²) < 4.78 is 22.7. The average Bonchev–Trinajstić information content (AvgIpc) is 2.80. The van der Waals surface area contributed by atoms with Crippen LogP contribution in [0.3, 0.4) is 0 Å². The van der Waals surface area contributed by atoms with Gasteiger partial charge in [0.25, 0.3) is 0 Å². The van der Waals surface area contributed by atoms with Gasteiger partial charge in [-0.2, -0.15) is 0 Å². The fraction of sp³-hybridized carbons (Fsp3) is 0.923. The second-order valence-electron chi connectivity index (χ2n) is 6.71.